The van der Waals surface area contributed by atoms with Crippen LogP contribution >= 0.6 is 0 Å². The third-order valence-corrected chi connectivity index (χ3v) is 4.25. The van der Waals surface area contributed by atoms with Crippen LogP contribution in [-0.4, -0.2) is 44.7 Å². The molecule has 3 rings (SSSR count). The predicted octanol–water partition coefficient (Wildman–Crippen LogP) is 2.06. The minimum Gasteiger partial charge on any atom is -0.477 e. The number of nitrogens with zero attached hydrogens (tertiary/aromatic N) is 6. The van der Waals surface area contributed by atoms with E-state index in [9.17, 15) is 4.79 Å². The van der Waals surface area contributed by atoms with Gasteiger partial charge in [-0.15, -0.1) is 22.5 Å². The van der Waals surface area contributed by atoms with Crippen molar-refractivity contribution in [2.24, 2.45) is 10.2 Å². The quantitative estimate of drug-likeness (QED) is 0.683. The molecule has 0 saturated carbocycles. The van der Waals surface area contributed by atoms with Crippen LogP contribution in [0.2, 0.25) is 0 Å². The molecule has 0 radical (unpaired) electrons. The third-order valence-electron chi connectivity index (χ3n) is 4.25. The first-order chi connectivity index (χ1) is 13.1. The maximum absolute atomic E-state index is 12.5. The molecule has 1 amide bonds. The van der Waals surface area contributed by atoms with Gasteiger partial charge in [0.25, 0.3) is 5.91 Å². The van der Waals surface area contributed by atoms with Gasteiger partial charge in [0, 0.05) is 31.9 Å². The molecule has 1 aliphatic rings. The van der Waals surface area contributed by atoms with Gasteiger partial charge in [0.2, 0.25) is 5.88 Å². The summed E-state index contributed by atoms with van der Waals surface area (Å²) in [5, 5.41) is 23.3. The van der Waals surface area contributed by atoms with Gasteiger partial charge in [0.15, 0.2) is 11.5 Å². The highest BCUT2D eigenvalue weighted by molar-refractivity contribution is 5.95. The number of ether oxygens (including phenoxy) is 1. The summed E-state index contributed by atoms with van der Waals surface area (Å²) < 4.78 is 6.85. The normalized spacial score (nSPS) is 13.8. The van der Waals surface area contributed by atoms with Crippen LogP contribution in [0.15, 0.2) is 28.6 Å². The second-order valence-electron chi connectivity index (χ2n) is 6.11. The fourth-order valence-corrected chi connectivity index (χ4v) is 2.65. The van der Waals surface area contributed by atoms with Gasteiger partial charge in [-0.05, 0) is 19.9 Å². The van der Waals surface area contributed by atoms with E-state index in [1.54, 1.807) is 23.7 Å². The maximum atomic E-state index is 12.5. The van der Waals surface area contributed by atoms with E-state index >= 15 is 0 Å². The van der Waals surface area contributed by atoms with Gasteiger partial charge in [0.05, 0.1) is 24.1 Å². The van der Waals surface area contributed by atoms with Crippen molar-refractivity contribution < 1.29 is 9.53 Å². The highest BCUT2D eigenvalue weighted by Crippen LogP contribution is 2.36. The van der Waals surface area contributed by atoms with Crippen LogP contribution in [-0.2, 0) is 0 Å². The smallest absolute Gasteiger partial charge is 0.254 e. The number of carbonyl (C=O) groups is 1. The summed E-state index contributed by atoms with van der Waals surface area (Å²) in [5.74, 6) is 3.34. The Morgan fingerprint density at radius 2 is 2.15 bits per heavy atom. The van der Waals surface area contributed by atoms with E-state index in [0.717, 1.165) is 0 Å². The van der Waals surface area contributed by atoms with Crippen molar-refractivity contribution in [1.29, 1.82) is 0 Å². The summed E-state index contributed by atoms with van der Waals surface area (Å²) in [6.45, 7) is 4.66. The lowest BCUT2D eigenvalue weighted by atomic mass is 10.0. The molecule has 0 bridgehead atoms. The Morgan fingerprint density at radius 3 is 2.78 bits per heavy atom. The van der Waals surface area contributed by atoms with Crippen LogP contribution in [0, 0.1) is 19.3 Å². The molecule has 1 N–H and O–H groups in total. The average Bonchev–Trinajstić information content (AvgIpc) is 3.34. The lowest BCUT2D eigenvalue weighted by Crippen LogP contribution is -2.28. The van der Waals surface area contributed by atoms with Gasteiger partial charge in [-0.25, -0.2) is 4.68 Å². The Balaban J connectivity index is 1.59. The van der Waals surface area contributed by atoms with Crippen LogP contribution in [0.25, 0.3) is 5.82 Å². The Hall–Kier alpha value is -3.28. The second kappa shape index (κ2) is 7.95. The van der Waals surface area contributed by atoms with Crippen molar-refractivity contribution in [2.45, 2.75) is 38.8 Å². The van der Waals surface area contributed by atoms with Gasteiger partial charge in [-0.1, -0.05) is 0 Å². The number of nitrogens with one attached hydrogen (secondary N) is 1. The minimum absolute atomic E-state index is 0.203. The number of terminal acetylenes is 1. The lowest BCUT2D eigenvalue weighted by molar-refractivity contribution is 0.0951. The molecule has 9 nitrogen and oxygen atoms in total. The zero-order chi connectivity index (χ0) is 19.3. The molecule has 27 heavy (non-hydrogen) atoms. The Morgan fingerprint density at radius 1 is 1.33 bits per heavy atom. The molecule has 0 saturated heterocycles. The van der Waals surface area contributed by atoms with Gasteiger partial charge in [0.1, 0.15) is 0 Å². The van der Waals surface area contributed by atoms with Crippen molar-refractivity contribution in [3.63, 3.8) is 0 Å². The largest absolute Gasteiger partial charge is 0.477 e. The number of carbonyl (C=O) groups excluding carboxylic acids is 1. The topological polar surface area (TPSA) is 107 Å². The Kier molecular flexibility index (Phi) is 5.45. The van der Waals surface area contributed by atoms with E-state index in [1.807, 2.05) is 6.92 Å². The summed E-state index contributed by atoms with van der Waals surface area (Å²) >= 11 is 0. The van der Waals surface area contributed by atoms with E-state index in [0.29, 0.717) is 55.4 Å². The summed E-state index contributed by atoms with van der Waals surface area (Å²) in [4.78, 5) is 12.5. The molecule has 140 valence electrons. The van der Waals surface area contributed by atoms with Gasteiger partial charge in [-0.3, -0.25) is 4.79 Å². The monoisotopic (exact) mass is 367 g/mol. The summed E-state index contributed by atoms with van der Waals surface area (Å²) in [6, 6.07) is 3.45. The molecule has 0 aliphatic carbocycles. The van der Waals surface area contributed by atoms with Crippen LogP contribution in [0.3, 0.4) is 0 Å². The molecule has 1 aliphatic heterocycles. The predicted molar refractivity (Wildman–Crippen MR) is 97.7 cm³/mol. The first-order valence-corrected chi connectivity index (χ1v) is 8.76. The van der Waals surface area contributed by atoms with Crippen molar-refractivity contribution >= 4 is 5.91 Å². The molecule has 3 heterocycles. The number of hydrogen-bond acceptors (Lipinski definition) is 7. The minimum atomic E-state index is -0.406. The highest BCUT2D eigenvalue weighted by Gasteiger charge is 2.38. The Labute approximate surface area is 157 Å². The number of amides is 1. The Bertz CT molecular complexity index is 874. The summed E-state index contributed by atoms with van der Waals surface area (Å²) in [6.07, 6.45) is 8.77. The lowest BCUT2D eigenvalue weighted by Gasteiger charge is -2.10. The average molecular weight is 367 g/mol. The van der Waals surface area contributed by atoms with E-state index in [1.165, 1.54) is 6.20 Å². The first kappa shape index (κ1) is 18.5. The van der Waals surface area contributed by atoms with Crippen molar-refractivity contribution in [3.05, 3.63) is 29.6 Å². The standard InChI is InChI=1S/C18H21N7O2/c1-4-6-9-18(23-24-18)10-11-19-17(26)14-12-20-25(13(14)3)15-7-8-16(22-21-15)27-5-2/h1,7-8,12H,5-6,9-11H2,2-3H3,(H,19,26). The molecular weight excluding hydrogens is 346 g/mol. The molecule has 0 unspecified atom stereocenters. The molecule has 0 atom stereocenters. The van der Waals surface area contributed by atoms with Gasteiger partial charge >= 0.3 is 0 Å². The zero-order valence-electron chi connectivity index (χ0n) is 15.3. The first-order valence-electron chi connectivity index (χ1n) is 8.76. The SMILES string of the molecule is C#CCCC1(CCNC(=O)c2cnn(-c3ccc(OCC)nn3)c2C)N=N1. The molecule has 0 spiro atoms. The highest BCUT2D eigenvalue weighted by atomic mass is 16.5. The van der Waals surface area contributed by atoms with E-state index in [-0.39, 0.29) is 5.91 Å². The molecule has 0 fully saturated rings. The summed E-state index contributed by atoms with van der Waals surface area (Å²) in [5.41, 5.74) is 0.748. The maximum Gasteiger partial charge on any atom is 0.254 e. The molecule has 2 aromatic rings. The molecule has 9 heteroatoms. The fraction of sp³-hybridized carbons (Fsp3) is 0.444. The van der Waals surface area contributed by atoms with E-state index in [2.05, 4.69) is 36.8 Å². The van der Waals surface area contributed by atoms with Crippen molar-refractivity contribution in [3.8, 4) is 24.0 Å². The fourth-order valence-electron chi connectivity index (χ4n) is 2.65. The molecule has 2 aromatic heterocycles. The van der Waals surface area contributed by atoms with Crippen LogP contribution in [0.1, 0.15) is 42.2 Å². The van der Waals surface area contributed by atoms with Crippen LogP contribution in [0.4, 0.5) is 0 Å². The summed E-state index contributed by atoms with van der Waals surface area (Å²) in [7, 11) is 0. The van der Waals surface area contributed by atoms with E-state index < -0.39 is 5.66 Å². The number of hydrogen-bond donors (Lipinski definition) is 1. The third kappa shape index (κ3) is 4.28. The van der Waals surface area contributed by atoms with E-state index in [4.69, 9.17) is 11.2 Å². The van der Waals surface area contributed by atoms with Gasteiger partial charge < -0.3 is 10.1 Å². The number of aromatic nitrogens is 4. The van der Waals surface area contributed by atoms with Crippen LogP contribution < -0.4 is 10.1 Å². The van der Waals surface area contributed by atoms with Crippen molar-refractivity contribution in [2.75, 3.05) is 13.2 Å². The molecule has 0 aromatic carbocycles. The van der Waals surface area contributed by atoms with Gasteiger partial charge in [-0.2, -0.15) is 15.3 Å². The second-order valence-corrected chi connectivity index (χ2v) is 6.11. The number of rotatable bonds is 9. The van der Waals surface area contributed by atoms with Crippen molar-refractivity contribution in [1.82, 2.24) is 25.3 Å². The van der Waals surface area contributed by atoms with Crippen LogP contribution in [0.5, 0.6) is 5.88 Å². The molecular formula is C18H21N7O2. The zero-order valence-corrected chi connectivity index (χ0v) is 15.3.